The average molecular weight is 424 g/mol. The van der Waals surface area contributed by atoms with E-state index in [1.807, 2.05) is 30.3 Å². The Hall–Kier alpha value is -2.92. The lowest BCUT2D eigenvalue weighted by Crippen LogP contribution is -2.46. The SMILES string of the molecule is CC1CCN1c1c(/C=C(\C#N)C(=O)NCCOCCOCCO)ccc2ccccc12. The zero-order chi connectivity index (χ0) is 22.1. The molecule has 0 aromatic heterocycles. The third-order valence-electron chi connectivity index (χ3n) is 5.34. The van der Waals surface area contributed by atoms with Crippen LogP contribution >= 0.6 is 0 Å². The van der Waals surface area contributed by atoms with Gasteiger partial charge in [-0.3, -0.25) is 4.79 Å². The maximum absolute atomic E-state index is 12.5. The van der Waals surface area contributed by atoms with E-state index in [1.165, 1.54) is 0 Å². The first-order valence-corrected chi connectivity index (χ1v) is 10.6. The Balaban J connectivity index is 1.68. The lowest BCUT2D eigenvalue weighted by Gasteiger charge is -2.42. The van der Waals surface area contributed by atoms with Gasteiger partial charge >= 0.3 is 0 Å². The maximum Gasteiger partial charge on any atom is 0.262 e. The van der Waals surface area contributed by atoms with Crippen molar-refractivity contribution in [2.75, 3.05) is 51.0 Å². The Morgan fingerprint density at radius 2 is 2.00 bits per heavy atom. The van der Waals surface area contributed by atoms with Gasteiger partial charge in [-0.15, -0.1) is 0 Å². The Bertz CT molecular complexity index is 967. The van der Waals surface area contributed by atoms with E-state index in [-0.39, 0.29) is 18.8 Å². The van der Waals surface area contributed by atoms with Crippen molar-refractivity contribution in [2.24, 2.45) is 0 Å². The van der Waals surface area contributed by atoms with E-state index >= 15 is 0 Å². The smallest absolute Gasteiger partial charge is 0.262 e. The van der Waals surface area contributed by atoms with Crippen LogP contribution in [0.1, 0.15) is 18.9 Å². The second kappa shape index (κ2) is 11.5. The van der Waals surface area contributed by atoms with Crippen LogP contribution in [0.4, 0.5) is 5.69 Å². The number of benzene rings is 2. The van der Waals surface area contributed by atoms with Crippen LogP contribution in [0.25, 0.3) is 16.8 Å². The molecular formula is C24H29N3O4. The van der Waals surface area contributed by atoms with Crippen LogP contribution in [-0.2, 0) is 14.3 Å². The van der Waals surface area contributed by atoms with Crippen LogP contribution in [0.15, 0.2) is 42.0 Å². The van der Waals surface area contributed by atoms with Crippen molar-refractivity contribution in [1.29, 1.82) is 5.26 Å². The molecule has 0 aliphatic carbocycles. The van der Waals surface area contributed by atoms with Gasteiger partial charge in [0, 0.05) is 24.5 Å². The molecule has 7 heteroatoms. The summed E-state index contributed by atoms with van der Waals surface area (Å²) in [6, 6.07) is 14.6. The van der Waals surface area contributed by atoms with Crippen LogP contribution in [0.5, 0.6) is 0 Å². The van der Waals surface area contributed by atoms with Crippen LogP contribution in [0, 0.1) is 11.3 Å². The Morgan fingerprint density at radius 1 is 1.23 bits per heavy atom. The average Bonchev–Trinajstić information content (AvgIpc) is 2.79. The lowest BCUT2D eigenvalue weighted by atomic mass is 9.96. The summed E-state index contributed by atoms with van der Waals surface area (Å²) in [5.41, 5.74) is 2.01. The van der Waals surface area contributed by atoms with Crippen LogP contribution < -0.4 is 10.2 Å². The second-order valence-corrected chi connectivity index (χ2v) is 7.43. The molecule has 31 heavy (non-hydrogen) atoms. The van der Waals surface area contributed by atoms with E-state index in [0.29, 0.717) is 32.4 Å². The summed E-state index contributed by atoms with van der Waals surface area (Å²) in [5, 5.41) is 23.2. The first kappa shape index (κ1) is 22.8. The van der Waals surface area contributed by atoms with Crippen LogP contribution in [0.3, 0.4) is 0 Å². The number of aliphatic hydroxyl groups excluding tert-OH is 1. The number of anilines is 1. The van der Waals surface area contributed by atoms with Crippen LogP contribution in [-0.4, -0.2) is 63.2 Å². The third kappa shape index (κ3) is 5.82. The number of ether oxygens (including phenoxy) is 2. The fraction of sp³-hybridized carbons (Fsp3) is 0.417. The maximum atomic E-state index is 12.5. The van der Waals surface area contributed by atoms with Gasteiger partial charge in [0.25, 0.3) is 5.91 Å². The van der Waals surface area contributed by atoms with Crippen molar-refractivity contribution >= 4 is 28.4 Å². The summed E-state index contributed by atoms with van der Waals surface area (Å²) in [6.07, 6.45) is 2.80. The molecule has 164 valence electrons. The molecule has 0 bridgehead atoms. The second-order valence-electron chi connectivity index (χ2n) is 7.43. The fourth-order valence-electron chi connectivity index (χ4n) is 3.58. The molecule has 2 aromatic carbocycles. The van der Waals surface area contributed by atoms with Crippen LogP contribution in [0.2, 0.25) is 0 Å². The summed E-state index contributed by atoms with van der Waals surface area (Å²) in [5.74, 6) is -0.418. The number of fused-ring (bicyclic) bond motifs is 1. The summed E-state index contributed by atoms with van der Waals surface area (Å²) in [7, 11) is 0. The fourth-order valence-corrected chi connectivity index (χ4v) is 3.58. The normalized spacial score (nSPS) is 16.1. The molecule has 1 fully saturated rings. The molecule has 2 aromatic rings. The number of hydrogen-bond acceptors (Lipinski definition) is 6. The minimum Gasteiger partial charge on any atom is -0.394 e. The van der Waals surface area contributed by atoms with E-state index < -0.39 is 5.91 Å². The van der Waals surface area contributed by atoms with Crippen molar-refractivity contribution < 1.29 is 19.4 Å². The number of rotatable bonds is 11. The minimum absolute atomic E-state index is 0.0189. The molecule has 0 spiro atoms. The molecule has 1 atom stereocenters. The highest BCUT2D eigenvalue weighted by Crippen LogP contribution is 2.37. The summed E-state index contributed by atoms with van der Waals surface area (Å²) >= 11 is 0. The van der Waals surface area contributed by atoms with Gasteiger partial charge in [-0.2, -0.15) is 5.26 Å². The molecule has 1 heterocycles. The number of nitrogens with zero attached hydrogens (tertiary/aromatic N) is 2. The zero-order valence-electron chi connectivity index (χ0n) is 17.8. The molecule has 1 aliphatic rings. The summed E-state index contributed by atoms with van der Waals surface area (Å²) < 4.78 is 10.5. The molecule has 3 rings (SSSR count). The number of nitriles is 1. The highest BCUT2D eigenvalue weighted by atomic mass is 16.5. The standard InChI is InChI=1S/C24H29N3O4/c1-18-8-10-27(18)23-20(7-6-19-4-2-3-5-22(19)23)16-21(17-25)24(29)26-9-12-30-14-15-31-13-11-28/h2-7,16,18,28H,8-15H2,1H3,(H,26,29)/b21-16+. The Morgan fingerprint density at radius 3 is 2.68 bits per heavy atom. The highest BCUT2D eigenvalue weighted by molar-refractivity contribution is 6.05. The third-order valence-corrected chi connectivity index (χ3v) is 5.34. The number of nitrogens with one attached hydrogen (secondary N) is 1. The van der Waals surface area contributed by atoms with Gasteiger partial charge in [0.15, 0.2) is 0 Å². The van der Waals surface area contributed by atoms with E-state index in [9.17, 15) is 10.1 Å². The number of aliphatic hydroxyl groups is 1. The van der Waals surface area contributed by atoms with E-state index in [0.717, 1.165) is 35.0 Å². The number of hydrogen-bond donors (Lipinski definition) is 2. The lowest BCUT2D eigenvalue weighted by molar-refractivity contribution is -0.117. The molecule has 1 unspecified atom stereocenters. The topological polar surface area (TPSA) is 94.8 Å². The van der Waals surface area contributed by atoms with E-state index in [2.05, 4.69) is 29.3 Å². The van der Waals surface area contributed by atoms with Gasteiger partial charge < -0.3 is 24.8 Å². The van der Waals surface area contributed by atoms with Gasteiger partial charge in [0.05, 0.1) is 38.7 Å². The van der Waals surface area contributed by atoms with Gasteiger partial charge in [-0.25, -0.2) is 0 Å². The number of amides is 1. The van der Waals surface area contributed by atoms with Crippen molar-refractivity contribution in [3.8, 4) is 6.07 Å². The van der Waals surface area contributed by atoms with E-state index in [1.54, 1.807) is 6.08 Å². The summed E-state index contributed by atoms with van der Waals surface area (Å²) in [4.78, 5) is 14.8. The van der Waals surface area contributed by atoms with E-state index in [4.69, 9.17) is 14.6 Å². The van der Waals surface area contributed by atoms with Gasteiger partial charge in [0.1, 0.15) is 11.6 Å². The predicted octanol–water partition coefficient (Wildman–Crippen LogP) is 2.49. The molecule has 1 saturated heterocycles. The molecule has 1 aliphatic heterocycles. The number of carbonyl (C=O) groups excluding carboxylic acids is 1. The molecule has 0 radical (unpaired) electrons. The number of carbonyl (C=O) groups is 1. The molecular weight excluding hydrogens is 394 g/mol. The molecule has 1 amide bonds. The van der Waals surface area contributed by atoms with Gasteiger partial charge in [-0.1, -0.05) is 36.4 Å². The monoisotopic (exact) mass is 423 g/mol. The van der Waals surface area contributed by atoms with Gasteiger partial charge in [0.2, 0.25) is 0 Å². The largest absolute Gasteiger partial charge is 0.394 e. The quantitative estimate of drug-likeness (QED) is 0.328. The predicted molar refractivity (Wildman–Crippen MR) is 121 cm³/mol. The Labute approximate surface area is 182 Å². The molecule has 2 N–H and O–H groups in total. The molecule has 7 nitrogen and oxygen atoms in total. The first-order chi connectivity index (χ1) is 15.2. The summed E-state index contributed by atoms with van der Waals surface area (Å²) in [6.45, 7) is 4.79. The highest BCUT2D eigenvalue weighted by Gasteiger charge is 2.27. The molecule has 0 saturated carbocycles. The zero-order valence-corrected chi connectivity index (χ0v) is 17.8. The van der Waals surface area contributed by atoms with Crippen molar-refractivity contribution in [1.82, 2.24) is 5.32 Å². The van der Waals surface area contributed by atoms with Crippen molar-refractivity contribution in [3.05, 3.63) is 47.5 Å². The minimum atomic E-state index is -0.418. The van der Waals surface area contributed by atoms with Crippen molar-refractivity contribution in [3.63, 3.8) is 0 Å². The first-order valence-electron chi connectivity index (χ1n) is 10.6. The van der Waals surface area contributed by atoms with Crippen molar-refractivity contribution in [2.45, 2.75) is 19.4 Å². The van der Waals surface area contributed by atoms with Gasteiger partial charge in [-0.05, 0) is 30.4 Å². The Kier molecular flexibility index (Phi) is 8.42.